The normalized spacial score (nSPS) is 9.82. The first-order valence-corrected chi connectivity index (χ1v) is 3.20. The lowest BCUT2D eigenvalue weighted by atomic mass is 10.2. The molecular weight excluding hydrogens is 146 g/mol. The van der Waals surface area contributed by atoms with E-state index in [0.29, 0.717) is 6.42 Å². The smallest absolute Gasteiger partial charge is 0.303 e. The first kappa shape index (κ1) is 7.59. The van der Waals surface area contributed by atoms with Crippen LogP contribution in [0.2, 0.25) is 0 Å². The summed E-state index contributed by atoms with van der Waals surface area (Å²) in [6, 6.07) is 1.70. The molecule has 60 valence electrons. The van der Waals surface area contributed by atoms with E-state index >= 15 is 0 Å². The molecule has 0 aromatic carbocycles. The second-order valence-electron chi connectivity index (χ2n) is 2.16. The summed E-state index contributed by atoms with van der Waals surface area (Å²) in [7, 11) is 0. The Bertz CT molecular complexity index is 256. The minimum Gasteiger partial charge on any atom is -0.481 e. The maximum atomic E-state index is 10.1. The number of hydrogen-bond donors (Lipinski definition) is 2. The van der Waals surface area contributed by atoms with E-state index in [4.69, 9.17) is 10.9 Å². The molecule has 0 fully saturated rings. The van der Waals surface area contributed by atoms with E-state index in [0.717, 1.165) is 5.69 Å². The van der Waals surface area contributed by atoms with Gasteiger partial charge in [-0.05, 0) is 6.07 Å². The molecule has 0 aliphatic carbocycles. The van der Waals surface area contributed by atoms with E-state index in [1.165, 1.54) is 11.0 Å². The predicted octanol–water partition coefficient (Wildman–Crippen LogP) is -0.386. The van der Waals surface area contributed by atoms with Gasteiger partial charge in [-0.1, -0.05) is 0 Å². The fourth-order valence-corrected chi connectivity index (χ4v) is 0.775. The molecule has 0 spiro atoms. The molecule has 0 saturated heterocycles. The Hall–Kier alpha value is -1.52. The van der Waals surface area contributed by atoms with Crippen molar-refractivity contribution in [2.24, 2.45) is 0 Å². The van der Waals surface area contributed by atoms with Gasteiger partial charge in [-0.2, -0.15) is 9.89 Å². The van der Waals surface area contributed by atoms with E-state index in [2.05, 4.69) is 5.10 Å². The second-order valence-corrected chi connectivity index (χ2v) is 2.16. The Labute approximate surface area is 63.4 Å². The number of nitrogens with zero attached hydrogens (tertiary/aromatic N) is 2. The van der Waals surface area contributed by atoms with Crippen LogP contribution in [0.15, 0.2) is 12.3 Å². The third kappa shape index (κ3) is 1.96. The maximum absolute atomic E-state index is 10.1. The van der Waals surface area contributed by atoms with Crippen LogP contribution < -0.4 is 5.84 Å². The molecule has 3 N–H and O–H groups in total. The Morgan fingerprint density at radius 3 is 3.00 bits per heavy atom. The van der Waals surface area contributed by atoms with Gasteiger partial charge in [0.05, 0.1) is 18.3 Å². The summed E-state index contributed by atoms with van der Waals surface area (Å²) in [4.78, 5) is 11.3. The maximum Gasteiger partial charge on any atom is 0.303 e. The van der Waals surface area contributed by atoms with Crippen LogP contribution >= 0.6 is 0 Å². The van der Waals surface area contributed by atoms with Crippen molar-refractivity contribution < 1.29 is 9.90 Å². The average Bonchev–Trinajstić information content (AvgIpc) is 2.31. The highest BCUT2D eigenvalue weighted by Gasteiger charge is 2.01. The molecule has 0 saturated carbocycles. The van der Waals surface area contributed by atoms with Crippen LogP contribution in [0.4, 0.5) is 0 Å². The van der Waals surface area contributed by atoms with Gasteiger partial charge in [0.2, 0.25) is 0 Å². The van der Waals surface area contributed by atoms with Crippen LogP contribution in [-0.2, 0) is 11.2 Å². The van der Waals surface area contributed by atoms with E-state index in [9.17, 15) is 4.79 Å². The van der Waals surface area contributed by atoms with Crippen LogP contribution in [0.25, 0.3) is 0 Å². The quantitative estimate of drug-likeness (QED) is 0.582. The molecule has 1 aromatic rings. The number of aromatic nitrogens is 2. The highest BCUT2D eigenvalue weighted by atomic mass is 16.4. The second kappa shape index (κ2) is 3.05. The van der Waals surface area contributed by atoms with Crippen molar-refractivity contribution in [1.29, 1.82) is 0 Å². The van der Waals surface area contributed by atoms with Crippen molar-refractivity contribution in [2.45, 2.75) is 12.8 Å². The number of carbonyl (C=O) groups is 1. The van der Waals surface area contributed by atoms with Crippen molar-refractivity contribution in [3.05, 3.63) is 18.0 Å². The minimum absolute atomic E-state index is 0.0862. The summed E-state index contributed by atoms with van der Waals surface area (Å²) in [6.45, 7) is 0. The number of rotatable bonds is 3. The standard InChI is InChI=1S/C6H9N3O2/c7-9-5(3-4-8-9)1-2-6(10)11/h3-4H,1-2,7H2,(H,10,11). The van der Waals surface area contributed by atoms with Gasteiger partial charge in [0.25, 0.3) is 0 Å². The number of nitrogen functional groups attached to an aromatic ring is 1. The molecule has 11 heavy (non-hydrogen) atoms. The van der Waals surface area contributed by atoms with Crippen molar-refractivity contribution in [2.75, 3.05) is 5.84 Å². The molecule has 0 amide bonds. The number of nitrogens with two attached hydrogens (primary N) is 1. The number of hydrogen-bond acceptors (Lipinski definition) is 3. The largest absolute Gasteiger partial charge is 0.481 e. The third-order valence-corrected chi connectivity index (χ3v) is 1.35. The lowest BCUT2D eigenvalue weighted by molar-refractivity contribution is -0.136. The SMILES string of the molecule is Nn1nccc1CCC(=O)O. The van der Waals surface area contributed by atoms with Gasteiger partial charge in [0.15, 0.2) is 0 Å². The number of aliphatic carboxylic acids is 1. The van der Waals surface area contributed by atoms with Gasteiger partial charge < -0.3 is 10.9 Å². The fourth-order valence-electron chi connectivity index (χ4n) is 0.775. The molecule has 0 aliphatic heterocycles. The Balaban J connectivity index is 2.51. The van der Waals surface area contributed by atoms with Crippen molar-refractivity contribution >= 4 is 5.97 Å². The van der Waals surface area contributed by atoms with Gasteiger partial charge in [-0.25, -0.2) is 0 Å². The van der Waals surface area contributed by atoms with Crippen LogP contribution in [0.1, 0.15) is 12.1 Å². The molecule has 1 aromatic heterocycles. The van der Waals surface area contributed by atoms with Gasteiger partial charge in [-0.3, -0.25) is 4.79 Å². The summed E-state index contributed by atoms with van der Waals surface area (Å²) in [5.41, 5.74) is 0.729. The molecular formula is C6H9N3O2. The zero-order valence-electron chi connectivity index (χ0n) is 5.90. The topological polar surface area (TPSA) is 81.1 Å². The molecule has 0 radical (unpaired) electrons. The molecule has 0 bridgehead atoms. The molecule has 1 heterocycles. The number of carboxylic acids is 1. The lowest BCUT2D eigenvalue weighted by Gasteiger charge is -1.97. The fraction of sp³-hybridized carbons (Fsp3) is 0.333. The van der Waals surface area contributed by atoms with Crippen molar-refractivity contribution in [3.63, 3.8) is 0 Å². The highest BCUT2D eigenvalue weighted by Crippen LogP contribution is 1.98. The first-order chi connectivity index (χ1) is 5.20. The molecule has 5 nitrogen and oxygen atoms in total. The van der Waals surface area contributed by atoms with Crippen LogP contribution in [0.3, 0.4) is 0 Å². The number of carboxylic acid groups (broad SMARTS) is 1. The zero-order valence-corrected chi connectivity index (χ0v) is 5.90. The Kier molecular flexibility index (Phi) is 2.10. The first-order valence-electron chi connectivity index (χ1n) is 3.20. The Morgan fingerprint density at radius 2 is 2.55 bits per heavy atom. The van der Waals surface area contributed by atoms with E-state index in [1.807, 2.05) is 0 Å². The van der Waals surface area contributed by atoms with Gasteiger partial charge >= 0.3 is 5.97 Å². The monoisotopic (exact) mass is 155 g/mol. The Morgan fingerprint density at radius 1 is 1.82 bits per heavy atom. The molecule has 0 unspecified atom stereocenters. The summed E-state index contributed by atoms with van der Waals surface area (Å²) in [5, 5.41) is 12.0. The van der Waals surface area contributed by atoms with Crippen molar-refractivity contribution in [1.82, 2.24) is 9.89 Å². The minimum atomic E-state index is -0.828. The molecule has 5 heteroatoms. The molecule has 0 atom stereocenters. The molecule has 0 aliphatic rings. The highest BCUT2D eigenvalue weighted by molar-refractivity contribution is 5.66. The van der Waals surface area contributed by atoms with E-state index in [-0.39, 0.29) is 6.42 Å². The van der Waals surface area contributed by atoms with Gasteiger partial charge in [0.1, 0.15) is 0 Å². The zero-order chi connectivity index (χ0) is 8.27. The van der Waals surface area contributed by atoms with Crippen molar-refractivity contribution in [3.8, 4) is 0 Å². The van der Waals surface area contributed by atoms with Crippen LogP contribution in [0, 0.1) is 0 Å². The summed E-state index contributed by atoms with van der Waals surface area (Å²) in [6.07, 6.45) is 2.05. The lowest BCUT2D eigenvalue weighted by Crippen LogP contribution is -2.14. The van der Waals surface area contributed by atoms with Gasteiger partial charge in [0, 0.05) is 6.42 Å². The van der Waals surface area contributed by atoms with Gasteiger partial charge in [-0.15, -0.1) is 0 Å². The summed E-state index contributed by atoms with van der Waals surface area (Å²) >= 11 is 0. The predicted molar refractivity (Wildman–Crippen MR) is 38.3 cm³/mol. The average molecular weight is 155 g/mol. The van der Waals surface area contributed by atoms with E-state index in [1.54, 1.807) is 6.07 Å². The summed E-state index contributed by atoms with van der Waals surface area (Å²) < 4.78 is 0. The third-order valence-electron chi connectivity index (χ3n) is 1.35. The van der Waals surface area contributed by atoms with Crippen LogP contribution in [-0.4, -0.2) is 21.0 Å². The summed E-state index contributed by atoms with van der Waals surface area (Å²) in [5.74, 6) is 4.51. The van der Waals surface area contributed by atoms with Crippen LogP contribution in [0.5, 0.6) is 0 Å². The van der Waals surface area contributed by atoms with E-state index < -0.39 is 5.97 Å². The molecule has 1 rings (SSSR count). The number of aryl methyl sites for hydroxylation is 1.